The first-order valence-corrected chi connectivity index (χ1v) is 12.7. The van der Waals surface area contributed by atoms with Gasteiger partial charge in [-0.2, -0.15) is 0 Å². The summed E-state index contributed by atoms with van der Waals surface area (Å²) in [6, 6.07) is -0.665. The zero-order chi connectivity index (χ0) is 20.3. The summed E-state index contributed by atoms with van der Waals surface area (Å²) in [4.78, 5) is 30.0. The van der Waals surface area contributed by atoms with E-state index in [4.69, 9.17) is 0 Å². The van der Waals surface area contributed by atoms with Gasteiger partial charge < -0.3 is 9.80 Å². The highest BCUT2D eigenvalue weighted by atomic mass is 35.5. The molecule has 3 heterocycles. The Bertz CT molecular complexity index is 679. The molecule has 3 aliphatic rings. The molecule has 3 fully saturated rings. The quantitative estimate of drug-likeness (QED) is 0.595. The Labute approximate surface area is 181 Å². The number of carbonyl (C=O) groups is 2. The molecule has 9 heteroatoms. The molecule has 3 atom stereocenters. The molecule has 168 valence electrons. The minimum atomic E-state index is -3.60. The normalized spacial score (nSPS) is 28.2. The van der Waals surface area contributed by atoms with Gasteiger partial charge in [-0.3, -0.25) is 9.59 Å². The molecule has 0 aromatic rings. The third-order valence-electron chi connectivity index (χ3n) is 6.51. The molecular formula is C20H36ClN3O4S. The number of fused-ring (bicyclic) bond motifs is 1. The molecule has 0 unspecified atom stereocenters. The Balaban J connectivity index is 0.00000300. The van der Waals surface area contributed by atoms with Crippen LogP contribution in [0.15, 0.2) is 0 Å². The maximum atomic E-state index is 12.9. The Morgan fingerprint density at radius 1 is 1.10 bits per heavy atom. The fourth-order valence-corrected chi connectivity index (χ4v) is 6.46. The van der Waals surface area contributed by atoms with Gasteiger partial charge >= 0.3 is 0 Å². The molecular weight excluding hydrogens is 414 g/mol. The standard InChI is InChI=1S/C20H35N3O4S.ClH/c1-3-9-16-19-17(23(20(16)25)28(2,26)27)11-15-22(19)18(24)10-8-14-21-12-6-4-5-7-13-21;/h16-17,19H,3-15H2,1-2H3;1H/t16-,17+,19-;/m1./s1. The molecule has 3 rings (SSSR count). The first-order chi connectivity index (χ1) is 13.3. The van der Waals surface area contributed by atoms with Crippen molar-refractivity contribution >= 4 is 34.2 Å². The lowest BCUT2D eigenvalue weighted by molar-refractivity contribution is -0.134. The molecule has 2 amide bonds. The summed E-state index contributed by atoms with van der Waals surface area (Å²) in [6.45, 7) is 5.74. The predicted molar refractivity (Wildman–Crippen MR) is 115 cm³/mol. The molecule has 0 N–H and O–H groups in total. The summed E-state index contributed by atoms with van der Waals surface area (Å²) < 4.78 is 25.4. The Morgan fingerprint density at radius 2 is 1.76 bits per heavy atom. The van der Waals surface area contributed by atoms with E-state index >= 15 is 0 Å². The van der Waals surface area contributed by atoms with Crippen LogP contribution in [0.3, 0.4) is 0 Å². The molecule has 0 aliphatic carbocycles. The molecule has 0 bridgehead atoms. The number of halogens is 1. The minimum Gasteiger partial charge on any atom is -0.337 e. The molecule has 3 saturated heterocycles. The van der Waals surface area contributed by atoms with E-state index in [1.807, 2.05) is 11.8 Å². The van der Waals surface area contributed by atoms with E-state index in [1.165, 1.54) is 25.7 Å². The third-order valence-corrected chi connectivity index (χ3v) is 7.67. The monoisotopic (exact) mass is 449 g/mol. The van der Waals surface area contributed by atoms with Crippen molar-refractivity contribution in [3.63, 3.8) is 0 Å². The van der Waals surface area contributed by atoms with Crippen molar-refractivity contribution in [2.45, 2.75) is 76.8 Å². The summed E-state index contributed by atoms with van der Waals surface area (Å²) in [5, 5.41) is 0. The lowest BCUT2D eigenvalue weighted by atomic mass is 9.94. The summed E-state index contributed by atoms with van der Waals surface area (Å²) in [5.41, 5.74) is 0. The highest BCUT2D eigenvalue weighted by Gasteiger charge is 2.56. The van der Waals surface area contributed by atoms with Crippen LogP contribution in [0.1, 0.15) is 64.7 Å². The second-order valence-electron chi connectivity index (χ2n) is 8.59. The molecule has 7 nitrogen and oxygen atoms in total. The molecule has 0 aromatic heterocycles. The van der Waals surface area contributed by atoms with Gasteiger partial charge in [0, 0.05) is 13.0 Å². The third kappa shape index (κ3) is 5.44. The molecule has 3 aliphatic heterocycles. The predicted octanol–water partition coefficient (Wildman–Crippen LogP) is 2.25. The Morgan fingerprint density at radius 3 is 2.34 bits per heavy atom. The fourth-order valence-electron chi connectivity index (χ4n) is 5.28. The van der Waals surface area contributed by atoms with Crippen LogP contribution in [0.4, 0.5) is 0 Å². The number of carbonyl (C=O) groups excluding carboxylic acids is 2. The van der Waals surface area contributed by atoms with Crippen molar-refractivity contribution < 1.29 is 18.0 Å². The summed E-state index contributed by atoms with van der Waals surface area (Å²) >= 11 is 0. The van der Waals surface area contributed by atoms with E-state index in [-0.39, 0.29) is 42.2 Å². The van der Waals surface area contributed by atoms with Crippen LogP contribution in [0, 0.1) is 5.92 Å². The minimum absolute atomic E-state index is 0. The lowest BCUT2D eigenvalue weighted by Crippen LogP contribution is -2.43. The van der Waals surface area contributed by atoms with E-state index in [0.29, 0.717) is 25.8 Å². The van der Waals surface area contributed by atoms with Crippen LogP contribution in [-0.2, 0) is 19.6 Å². The number of sulfonamides is 1. The highest BCUT2D eigenvalue weighted by Crippen LogP contribution is 2.40. The van der Waals surface area contributed by atoms with Gasteiger partial charge in [0.25, 0.3) is 0 Å². The van der Waals surface area contributed by atoms with Crippen molar-refractivity contribution in [1.29, 1.82) is 0 Å². The first kappa shape index (κ1) is 24.4. The van der Waals surface area contributed by atoms with Gasteiger partial charge in [0.15, 0.2) is 0 Å². The zero-order valence-electron chi connectivity index (χ0n) is 17.7. The second kappa shape index (κ2) is 10.4. The number of likely N-dealkylation sites (tertiary alicyclic amines) is 2. The van der Waals surface area contributed by atoms with Crippen LogP contribution in [0.2, 0.25) is 0 Å². The van der Waals surface area contributed by atoms with Gasteiger partial charge in [-0.15, -0.1) is 12.4 Å². The van der Waals surface area contributed by atoms with Crippen LogP contribution in [0.5, 0.6) is 0 Å². The average Bonchev–Trinajstić information content (AvgIpc) is 3.02. The van der Waals surface area contributed by atoms with Crippen LogP contribution >= 0.6 is 12.4 Å². The lowest BCUT2D eigenvalue weighted by Gasteiger charge is -2.28. The molecule has 0 radical (unpaired) electrons. The molecule has 29 heavy (non-hydrogen) atoms. The smallest absolute Gasteiger partial charge is 0.241 e. The van der Waals surface area contributed by atoms with E-state index < -0.39 is 10.0 Å². The molecule has 0 saturated carbocycles. The second-order valence-corrected chi connectivity index (χ2v) is 10.4. The van der Waals surface area contributed by atoms with Gasteiger partial charge in [0.2, 0.25) is 21.8 Å². The topological polar surface area (TPSA) is 78.0 Å². The average molecular weight is 450 g/mol. The maximum Gasteiger partial charge on any atom is 0.241 e. The largest absolute Gasteiger partial charge is 0.337 e. The highest BCUT2D eigenvalue weighted by molar-refractivity contribution is 7.88. The maximum absolute atomic E-state index is 12.9. The van der Waals surface area contributed by atoms with Gasteiger partial charge in [-0.25, -0.2) is 12.7 Å². The summed E-state index contributed by atoms with van der Waals surface area (Å²) in [5.74, 6) is -0.630. The Hall–Kier alpha value is -0.860. The fraction of sp³-hybridized carbons (Fsp3) is 0.900. The van der Waals surface area contributed by atoms with Crippen LogP contribution in [-0.4, -0.2) is 78.9 Å². The van der Waals surface area contributed by atoms with Gasteiger partial charge in [0.1, 0.15) is 0 Å². The van der Waals surface area contributed by atoms with Crippen LogP contribution in [0.25, 0.3) is 0 Å². The van der Waals surface area contributed by atoms with Crippen LogP contribution < -0.4 is 0 Å². The molecule has 0 spiro atoms. The van der Waals surface area contributed by atoms with E-state index in [9.17, 15) is 18.0 Å². The van der Waals surface area contributed by atoms with E-state index in [2.05, 4.69) is 4.90 Å². The number of hydrogen-bond acceptors (Lipinski definition) is 5. The van der Waals surface area contributed by atoms with Gasteiger partial charge in [-0.05, 0) is 51.7 Å². The van der Waals surface area contributed by atoms with Crippen molar-refractivity contribution in [3.05, 3.63) is 0 Å². The SMILES string of the molecule is CCC[C@H]1C(=O)N(S(C)(=O)=O)[C@H]2CCN(C(=O)CCCN3CCCCCC3)[C@H]12.Cl. The summed E-state index contributed by atoms with van der Waals surface area (Å²) in [7, 11) is -3.60. The number of nitrogens with zero attached hydrogens (tertiary/aromatic N) is 3. The Kier molecular flexibility index (Phi) is 8.79. The van der Waals surface area contributed by atoms with Gasteiger partial charge in [-0.1, -0.05) is 26.2 Å². The molecule has 0 aromatic carbocycles. The first-order valence-electron chi connectivity index (χ1n) is 10.9. The van der Waals surface area contributed by atoms with Crippen molar-refractivity contribution in [2.24, 2.45) is 5.92 Å². The van der Waals surface area contributed by atoms with E-state index in [1.54, 1.807) is 0 Å². The number of hydrogen-bond donors (Lipinski definition) is 0. The van der Waals surface area contributed by atoms with E-state index in [0.717, 1.165) is 43.0 Å². The van der Waals surface area contributed by atoms with Gasteiger partial charge in [0.05, 0.1) is 24.3 Å². The number of rotatable bonds is 7. The van der Waals surface area contributed by atoms with Crippen molar-refractivity contribution in [1.82, 2.24) is 14.1 Å². The summed E-state index contributed by atoms with van der Waals surface area (Å²) in [6.07, 6.45) is 9.48. The number of amides is 2. The zero-order valence-corrected chi connectivity index (χ0v) is 19.3. The van der Waals surface area contributed by atoms with Crippen molar-refractivity contribution in [2.75, 3.05) is 32.4 Å². The van der Waals surface area contributed by atoms with Crippen molar-refractivity contribution in [3.8, 4) is 0 Å².